The molecule has 1 aliphatic rings. The van der Waals surface area contributed by atoms with Crippen LogP contribution in [0.5, 0.6) is 0 Å². The number of ether oxygens (including phenoxy) is 1. The van der Waals surface area contributed by atoms with Crippen molar-refractivity contribution < 1.29 is 33.0 Å². The molecule has 9 heteroatoms. The highest BCUT2D eigenvalue weighted by atomic mass is 19.3. The molecular formula is C24H26F2N2O5. The third kappa shape index (κ3) is 5.47. The van der Waals surface area contributed by atoms with Crippen LogP contribution in [0.1, 0.15) is 37.3 Å². The van der Waals surface area contributed by atoms with Crippen LogP contribution in [0.2, 0.25) is 0 Å². The fourth-order valence-electron chi connectivity index (χ4n) is 3.75. The van der Waals surface area contributed by atoms with Gasteiger partial charge in [-0.05, 0) is 28.7 Å². The summed E-state index contributed by atoms with van der Waals surface area (Å²) in [7, 11) is 0. The van der Waals surface area contributed by atoms with Crippen molar-refractivity contribution in [3.05, 3.63) is 59.7 Å². The van der Waals surface area contributed by atoms with Gasteiger partial charge in [-0.2, -0.15) is 8.78 Å². The number of alkyl carbamates (subject to hydrolysis) is 1. The van der Waals surface area contributed by atoms with E-state index in [4.69, 9.17) is 9.84 Å². The number of carbonyl (C=O) groups excluding carboxylic acids is 2. The molecule has 2 aromatic rings. The Hall–Kier alpha value is -3.49. The Kier molecular flexibility index (Phi) is 7.00. The second kappa shape index (κ2) is 9.56. The highest BCUT2D eigenvalue weighted by molar-refractivity contribution is 5.83. The number of benzene rings is 2. The third-order valence-electron chi connectivity index (χ3n) is 5.76. The Morgan fingerprint density at radius 3 is 2.06 bits per heavy atom. The molecule has 176 valence electrons. The summed E-state index contributed by atoms with van der Waals surface area (Å²) in [6.45, 7) is 1.95. The normalized spacial score (nSPS) is 13.1. The van der Waals surface area contributed by atoms with Gasteiger partial charge < -0.3 is 20.5 Å². The molecule has 0 radical (unpaired) electrons. The van der Waals surface area contributed by atoms with Crippen molar-refractivity contribution in [2.24, 2.45) is 5.41 Å². The number of carbonyl (C=O) groups is 3. The molecule has 3 N–H and O–H groups in total. The van der Waals surface area contributed by atoms with Gasteiger partial charge in [-0.3, -0.25) is 4.79 Å². The molecular weight excluding hydrogens is 434 g/mol. The first-order chi connectivity index (χ1) is 15.5. The molecule has 0 heterocycles. The van der Waals surface area contributed by atoms with Crippen molar-refractivity contribution in [2.45, 2.75) is 32.1 Å². The fourth-order valence-corrected chi connectivity index (χ4v) is 3.75. The van der Waals surface area contributed by atoms with Crippen LogP contribution in [-0.2, 0) is 14.3 Å². The lowest BCUT2D eigenvalue weighted by atomic mass is 9.88. The minimum Gasteiger partial charge on any atom is -0.477 e. The Bertz CT molecular complexity index is 1010. The average Bonchev–Trinajstić information content (AvgIpc) is 3.09. The molecule has 0 aliphatic heterocycles. The fraction of sp³-hybridized carbons (Fsp3) is 0.375. The highest BCUT2D eigenvalue weighted by Crippen LogP contribution is 2.44. The number of rotatable bonds is 9. The first-order valence-electron chi connectivity index (χ1n) is 10.5. The van der Waals surface area contributed by atoms with Gasteiger partial charge in [0.25, 0.3) is 0 Å². The van der Waals surface area contributed by atoms with Crippen molar-refractivity contribution in [1.82, 2.24) is 10.6 Å². The largest absolute Gasteiger partial charge is 0.477 e. The first kappa shape index (κ1) is 24.2. The summed E-state index contributed by atoms with van der Waals surface area (Å²) in [5, 5.41) is 13.0. The SMILES string of the molecule is CC(C)(CCNC(=O)OCC1c2ccccc2-c2ccccc21)C(=O)NCC(F)(F)C(=O)O. The number of hydrogen-bond donors (Lipinski definition) is 3. The number of aliphatic carboxylic acids is 1. The molecule has 3 rings (SSSR count). The molecule has 0 saturated carbocycles. The van der Waals surface area contributed by atoms with Crippen molar-refractivity contribution in [1.29, 1.82) is 0 Å². The van der Waals surface area contributed by atoms with Crippen LogP contribution in [0.4, 0.5) is 13.6 Å². The van der Waals surface area contributed by atoms with Gasteiger partial charge in [0, 0.05) is 17.9 Å². The molecule has 0 fully saturated rings. The van der Waals surface area contributed by atoms with Crippen LogP contribution in [0.15, 0.2) is 48.5 Å². The highest BCUT2D eigenvalue weighted by Gasteiger charge is 2.40. The van der Waals surface area contributed by atoms with Crippen LogP contribution < -0.4 is 10.6 Å². The van der Waals surface area contributed by atoms with Crippen molar-refractivity contribution in [3.8, 4) is 11.1 Å². The van der Waals surface area contributed by atoms with E-state index in [9.17, 15) is 23.2 Å². The predicted octanol–water partition coefficient (Wildman–Crippen LogP) is 3.78. The average molecular weight is 460 g/mol. The minimum absolute atomic E-state index is 0.0758. The zero-order valence-corrected chi connectivity index (χ0v) is 18.4. The molecule has 1 aliphatic carbocycles. The van der Waals surface area contributed by atoms with E-state index >= 15 is 0 Å². The molecule has 0 spiro atoms. The lowest BCUT2D eigenvalue weighted by molar-refractivity contribution is -0.164. The maximum absolute atomic E-state index is 13.2. The number of nitrogens with one attached hydrogen (secondary N) is 2. The standard InChI is InChI=1S/C24H26F2N2O5/c1-23(2,20(29)28-14-24(25,26)21(30)31)11-12-27-22(32)33-13-19-17-9-5-3-7-15(17)16-8-4-6-10-18(16)19/h3-10,19H,11-14H2,1-2H3,(H,27,32)(H,28,29)(H,30,31). The van der Waals surface area contributed by atoms with Crippen LogP contribution in [0, 0.1) is 5.41 Å². The van der Waals surface area contributed by atoms with Crippen LogP contribution in [0.3, 0.4) is 0 Å². The summed E-state index contributed by atoms with van der Waals surface area (Å²) >= 11 is 0. The number of carboxylic acids is 1. The van der Waals surface area contributed by atoms with Gasteiger partial charge in [-0.15, -0.1) is 0 Å². The molecule has 0 aromatic heterocycles. The van der Waals surface area contributed by atoms with Gasteiger partial charge in [0.05, 0.1) is 6.54 Å². The van der Waals surface area contributed by atoms with Crippen LogP contribution >= 0.6 is 0 Å². The van der Waals surface area contributed by atoms with E-state index in [-0.39, 0.29) is 25.5 Å². The van der Waals surface area contributed by atoms with E-state index in [2.05, 4.69) is 5.32 Å². The number of hydrogen-bond acceptors (Lipinski definition) is 4. The Morgan fingerprint density at radius 1 is 0.970 bits per heavy atom. The second-order valence-corrected chi connectivity index (χ2v) is 8.58. The van der Waals surface area contributed by atoms with Crippen molar-refractivity contribution in [3.63, 3.8) is 0 Å². The van der Waals surface area contributed by atoms with E-state index in [1.54, 1.807) is 0 Å². The third-order valence-corrected chi connectivity index (χ3v) is 5.76. The zero-order chi connectivity index (χ0) is 24.2. The lowest BCUT2D eigenvalue weighted by Gasteiger charge is -2.24. The Morgan fingerprint density at radius 2 is 1.52 bits per heavy atom. The number of carboxylic acid groups (broad SMARTS) is 1. The number of halogens is 2. The molecule has 33 heavy (non-hydrogen) atoms. The zero-order valence-electron chi connectivity index (χ0n) is 18.4. The molecule has 0 bridgehead atoms. The van der Waals surface area contributed by atoms with Crippen molar-refractivity contribution in [2.75, 3.05) is 19.7 Å². The summed E-state index contributed by atoms with van der Waals surface area (Å²) in [6.07, 6.45) is -0.507. The molecule has 7 nitrogen and oxygen atoms in total. The second-order valence-electron chi connectivity index (χ2n) is 8.58. The first-order valence-corrected chi connectivity index (χ1v) is 10.5. The smallest absolute Gasteiger partial charge is 0.407 e. The number of fused-ring (bicyclic) bond motifs is 3. The maximum atomic E-state index is 13.2. The molecule has 2 amide bonds. The summed E-state index contributed by atoms with van der Waals surface area (Å²) < 4.78 is 31.7. The van der Waals surface area contributed by atoms with E-state index < -0.39 is 35.9 Å². The van der Waals surface area contributed by atoms with E-state index in [0.29, 0.717) is 0 Å². The number of alkyl halides is 2. The number of amides is 2. The summed E-state index contributed by atoms with van der Waals surface area (Å²) in [5.74, 6) is -7.18. The Balaban J connectivity index is 1.48. The molecule has 0 atom stereocenters. The molecule has 0 saturated heterocycles. The van der Waals surface area contributed by atoms with Crippen LogP contribution in [-0.4, -0.2) is 48.7 Å². The summed E-state index contributed by atoms with van der Waals surface area (Å²) in [6, 6.07) is 15.9. The van der Waals surface area contributed by atoms with Gasteiger partial charge in [0.15, 0.2) is 0 Å². The van der Waals surface area contributed by atoms with E-state index in [1.165, 1.54) is 13.8 Å². The molecule has 2 aromatic carbocycles. The quantitative estimate of drug-likeness (QED) is 0.528. The van der Waals surface area contributed by atoms with Crippen molar-refractivity contribution >= 4 is 18.0 Å². The van der Waals surface area contributed by atoms with Gasteiger partial charge >= 0.3 is 18.0 Å². The topological polar surface area (TPSA) is 105 Å². The van der Waals surface area contributed by atoms with Crippen LogP contribution in [0.25, 0.3) is 11.1 Å². The Labute approximate surface area is 190 Å². The molecule has 0 unspecified atom stereocenters. The van der Waals surface area contributed by atoms with Gasteiger partial charge in [0.1, 0.15) is 6.61 Å². The summed E-state index contributed by atoms with van der Waals surface area (Å²) in [4.78, 5) is 34.8. The van der Waals surface area contributed by atoms with E-state index in [0.717, 1.165) is 22.3 Å². The lowest BCUT2D eigenvalue weighted by Crippen LogP contribution is -2.47. The van der Waals surface area contributed by atoms with E-state index in [1.807, 2.05) is 53.8 Å². The monoisotopic (exact) mass is 460 g/mol. The van der Waals surface area contributed by atoms with Gasteiger partial charge in [-0.1, -0.05) is 62.4 Å². The van der Waals surface area contributed by atoms with Gasteiger partial charge in [-0.25, -0.2) is 9.59 Å². The summed E-state index contributed by atoms with van der Waals surface area (Å²) in [5.41, 5.74) is 3.29. The predicted molar refractivity (Wildman–Crippen MR) is 117 cm³/mol. The minimum atomic E-state index is -4.05. The van der Waals surface area contributed by atoms with Gasteiger partial charge in [0.2, 0.25) is 5.91 Å². The maximum Gasteiger partial charge on any atom is 0.407 e.